The Balaban J connectivity index is 1.65. The third-order valence-electron chi connectivity index (χ3n) is 9.12. The minimum absolute atomic E-state index is 0.0133. The molecule has 3 fully saturated rings. The van der Waals surface area contributed by atoms with Crippen molar-refractivity contribution in [1.29, 1.82) is 0 Å². The normalized spacial score (nSPS) is 26.1. The topological polar surface area (TPSA) is 61.8 Å². The summed E-state index contributed by atoms with van der Waals surface area (Å²) in [6.07, 6.45) is 0.827. The number of carbonyl (C=O) groups is 1. The largest absolute Gasteiger partial charge is 0.496 e. The van der Waals surface area contributed by atoms with Gasteiger partial charge in [-0.1, -0.05) is 79.7 Å². The molecular weight excluding hydrogens is 516 g/mol. The molecule has 3 saturated heterocycles. The van der Waals surface area contributed by atoms with E-state index >= 15 is 0 Å². The van der Waals surface area contributed by atoms with E-state index in [1.165, 1.54) is 5.56 Å². The molecule has 0 aliphatic carbocycles. The predicted octanol–water partition coefficient (Wildman–Crippen LogP) is 6.55. The van der Waals surface area contributed by atoms with E-state index in [2.05, 4.69) is 97.7 Å². The summed E-state index contributed by atoms with van der Waals surface area (Å²) in [6, 6.07) is 27.2. The maximum atomic E-state index is 13.3. The van der Waals surface area contributed by atoms with E-state index in [4.69, 9.17) is 4.74 Å². The lowest BCUT2D eigenvalue weighted by molar-refractivity contribution is -0.161. The first-order valence-electron chi connectivity index (χ1n) is 14.4. The molecule has 2 N–H and O–H groups in total. The van der Waals surface area contributed by atoms with E-state index in [-0.39, 0.29) is 34.7 Å². The molecule has 3 aliphatic rings. The van der Waals surface area contributed by atoms with E-state index in [9.17, 15) is 9.90 Å². The lowest BCUT2D eigenvalue weighted by atomic mass is 9.60. The first kappa shape index (κ1) is 28.7. The zero-order chi connectivity index (χ0) is 28.4. The highest BCUT2D eigenvalue weighted by Crippen LogP contribution is 2.54. The number of hydrogen-bond acceptors (Lipinski definition) is 5. The molecule has 3 aliphatic heterocycles. The van der Waals surface area contributed by atoms with Crippen molar-refractivity contribution >= 4 is 17.7 Å². The molecule has 2 unspecified atom stereocenters. The number of likely N-dealkylation sites (N-methyl/N-ethyl adjacent to an activating group) is 1. The summed E-state index contributed by atoms with van der Waals surface area (Å²) in [7, 11) is 3.73. The summed E-state index contributed by atoms with van der Waals surface area (Å²) >= 11 is 1.92. The highest BCUT2D eigenvalue weighted by Gasteiger charge is 2.58. The number of methoxy groups -OCH3 is 1. The number of benzene rings is 3. The molecule has 212 valence electrons. The second-order valence-electron chi connectivity index (χ2n) is 11.5. The molecule has 2 bridgehead atoms. The zero-order valence-corrected chi connectivity index (χ0v) is 25.0. The van der Waals surface area contributed by atoms with Gasteiger partial charge in [-0.3, -0.25) is 9.69 Å². The van der Waals surface area contributed by atoms with Crippen molar-refractivity contribution in [3.63, 3.8) is 0 Å². The Morgan fingerprint density at radius 1 is 1.07 bits per heavy atom. The third kappa shape index (κ3) is 5.17. The molecule has 5 nitrogen and oxygen atoms in total. The smallest absolute Gasteiger partial charge is 0.308 e. The standard InChI is InChI=1S/C34H42N2O3S/c1-6-40-34(2,3)24-17-18-27(39-5)26(21-24)29-25-19-20-36(32(29)35-4)31(30(25)33(37)38)28(22-13-9-7-10-14-22)23-15-11-8-12-16-23/h7-18,21,25,28-32,35H,6,19-20H2,1-5H3,(H,37,38)/t25-,29+,30-,31-,32?/m0/s1. The van der Waals surface area contributed by atoms with Crippen molar-refractivity contribution in [2.24, 2.45) is 11.8 Å². The number of piperidine rings is 3. The van der Waals surface area contributed by atoms with Crippen LogP contribution in [0.5, 0.6) is 5.75 Å². The van der Waals surface area contributed by atoms with Gasteiger partial charge in [-0.2, -0.15) is 11.8 Å². The first-order chi connectivity index (χ1) is 19.3. The van der Waals surface area contributed by atoms with Gasteiger partial charge in [0.2, 0.25) is 0 Å². The average Bonchev–Trinajstić information content (AvgIpc) is 2.97. The third-order valence-corrected chi connectivity index (χ3v) is 10.4. The van der Waals surface area contributed by atoms with Crippen molar-refractivity contribution in [2.75, 3.05) is 26.5 Å². The number of fused-ring (bicyclic) bond motifs is 3. The van der Waals surface area contributed by atoms with Crippen molar-refractivity contribution in [3.8, 4) is 5.75 Å². The Morgan fingerprint density at radius 3 is 2.23 bits per heavy atom. The molecule has 6 rings (SSSR count). The Kier molecular flexibility index (Phi) is 8.60. The molecule has 3 heterocycles. The van der Waals surface area contributed by atoms with Crippen molar-refractivity contribution in [3.05, 3.63) is 101 Å². The van der Waals surface area contributed by atoms with Crippen LogP contribution >= 0.6 is 11.8 Å². The molecular formula is C34H42N2O3S. The molecule has 0 spiro atoms. The number of rotatable bonds is 10. The molecule has 0 saturated carbocycles. The van der Waals surface area contributed by atoms with E-state index in [0.29, 0.717) is 0 Å². The first-order valence-corrected chi connectivity index (χ1v) is 15.4. The number of aliphatic carboxylic acids is 1. The van der Waals surface area contributed by atoms with Gasteiger partial charge in [-0.05, 0) is 61.7 Å². The van der Waals surface area contributed by atoms with Crippen LogP contribution in [0.25, 0.3) is 0 Å². The fraction of sp³-hybridized carbons (Fsp3) is 0.441. The minimum atomic E-state index is -0.715. The number of nitrogens with one attached hydrogen (secondary N) is 1. The number of carboxylic acids is 1. The van der Waals surface area contributed by atoms with Gasteiger partial charge in [0, 0.05) is 34.7 Å². The van der Waals surface area contributed by atoms with Gasteiger partial charge in [0.25, 0.3) is 0 Å². The van der Waals surface area contributed by atoms with Crippen molar-refractivity contribution in [1.82, 2.24) is 10.2 Å². The van der Waals surface area contributed by atoms with Gasteiger partial charge in [0.1, 0.15) is 5.75 Å². The number of carboxylic acid groups (broad SMARTS) is 1. The monoisotopic (exact) mass is 558 g/mol. The van der Waals surface area contributed by atoms with E-state index in [0.717, 1.165) is 41.2 Å². The quantitative estimate of drug-likeness (QED) is 0.294. The minimum Gasteiger partial charge on any atom is -0.496 e. The molecule has 6 atom stereocenters. The maximum Gasteiger partial charge on any atom is 0.308 e. The zero-order valence-electron chi connectivity index (χ0n) is 24.2. The number of thioether (sulfide) groups is 1. The second-order valence-corrected chi connectivity index (χ2v) is 13.4. The van der Waals surface area contributed by atoms with Crippen LogP contribution in [-0.2, 0) is 9.54 Å². The van der Waals surface area contributed by atoms with E-state index in [1.807, 2.05) is 30.9 Å². The summed E-state index contributed by atoms with van der Waals surface area (Å²) in [4.78, 5) is 15.7. The SMILES string of the molecule is CCSC(C)(C)c1ccc(OC)c([C@@H]2C(NC)N3CC[C@@H]2[C@H](C(=O)O)[C@@H]3C(c2ccccc2)c2ccccc2)c1. The van der Waals surface area contributed by atoms with Crippen LogP contribution in [-0.4, -0.2) is 54.6 Å². The predicted molar refractivity (Wildman–Crippen MR) is 164 cm³/mol. The molecule has 6 heteroatoms. The van der Waals surface area contributed by atoms with Gasteiger partial charge in [-0.15, -0.1) is 0 Å². The van der Waals surface area contributed by atoms with Crippen LogP contribution in [0, 0.1) is 11.8 Å². The summed E-state index contributed by atoms with van der Waals surface area (Å²) in [5.74, 6) is 0.510. The molecule has 0 radical (unpaired) electrons. The molecule has 40 heavy (non-hydrogen) atoms. The van der Waals surface area contributed by atoms with Crippen molar-refractivity contribution < 1.29 is 14.6 Å². The Hall–Kier alpha value is -2.80. The molecule has 3 aromatic carbocycles. The van der Waals surface area contributed by atoms with Gasteiger partial charge >= 0.3 is 5.97 Å². The fourth-order valence-electron chi connectivity index (χ4n) is 7.45. The average molecular weight is 559 g/mol. The van der Waals surface area contributed by atoms with Crippen LogP contribution in [0.15, 0.2) is 78.9 Å². The molecule has 3 aromatic rings. The number of nitrogens with zero attached hydrogens (tertiary/aromatic N) is 1. The number of hydrogen-bond donors (Lipinski definition) is 2. The van der Waals surface area contributed by atoms with Crippen molar-refractivity contribution in [2.45, 2.75) is 56.0 Å². The highest BCUT2D eigenvalue weighted by molar-refractivity contribution is 8.00. The van der Waals surface area contributed by atoms with Gasteiger partial charge in [0.05, 0.1) is 19.2 Å². The summed E-state index contributed by atoms with van der Waals surface area (Å²) in [6.45, 7) is 7.57. The lowest BCUT2D eigenvalue weighted by Gasteiger charge is -2.59. The molecule has 0 amide bonds. The van der Waals surface area contributed by atoms with Crippen LogP contribution in [0.3, 0.4) is 0 Å². The Labute approximate surface area is 243 Å². The van der Waals surface area contributed by atoms with Crippen LogP contribution < -0.4 is 10.1 Å². The maximum absolute atomic E-state index is 13.3. The fourth-order valence-corrected chi connectivity index (χ4v) is 8.46. The summed E-state index contributed by atoms with van der Waals surface area (Å²) in [5.41, 5.74) is 4.67. The summed E-state index contributed by atoms with van der Waals surface area (Å²) in [5, 5.41) is 14.5. The Morgan fingerprint density at radius 2 is 1.70 bits per heavy atom. The van der Waals surface area contributed by atoms with Crippen LogP contribution in [0.4, 0.5) is 0 Å². The Bertz CT molecular complexity index is 1260. The number of ether oxygens (including phenoxy) is 1. The second kappa shape index (κ2) is 12.0. The highest BCUT2D eigenvalue weighted by atomic mass is 32.2. The van der Waals surface area contributed by atoms with Crippen LogP contribution in [0.2, 0.25) is 0 Å². The van der Waals surface area contributed by atoms with Crippen LogP contribution in [0.1, 0.15) is 61.3 Å². The van der Waals surface area contributed by atoms with Gasteiger partial charge in [-0.25, -0.2) is 0 Å². The molecule has 0 aromatic heterocycles. The lowest BCUT2D eigenvalue weighted by Crippen LogP contribution is -2.69. The van der Waals surface area contributed by atoms with E-state index in [1.54, 1.807) is 7.11 Å². The summed E-state index contributed by atoms with van der Waals surface area (Å²) < 4.78 is 5.88. The van der Waals surface area contributed by atoms with Gasteiger partial charge < -0.3 is 15.2 Å². The van der Waals surface area contributed by atoms with E-state index < -0.39 is 11.9 Å². The van der Waals surface area contributed by atoms with Gasteiger partial charge in [0.15, 0.2) is 0 Å².